The number of hydrogen-bond donors (Lipinski definition) is 2. The normalized spacial score (nSPS) is 21.1. The van der Waals surface area contributed by atoms with Gasteiger partial charge in [-0.15, -0.1) is 0 Å². The smallest absolute Gasteiger partial charge is 0.253 e. The largest absolute Gasteiger partial charge is 0.370 e. The fourth-order valence-corrected chi connectivity index (χ4v) is 3.76. The Bertz CT molecular complexity index is 686. The van der Waals surface area contributed by atoms with Crippen LogP contribution in [0.3, 0.4) is 0 Å². The van der Waals surface area contributed by atoms with Gasteiger partial charge < -0.3 is 20.7 Å². The van der Waals surface area contributed by atoms with Crippen LogP contribution in [0.2, 0.25) is 0 Å². The fraction of sp³-hybridized carbons (Fsp3) is 0.619. The van der Waals surface area contributed by atoms with Gasteiger partial charge in [0, 0.05) is 37.6 Å². The van der Waals surface area contributed by atoms with Crippen molar-refractivity contribution in [2.24, 2.45) is 17.6 Å². The Morgan fingerprint density at radius 3 is 2.36 bits per heavy atom. The van der Waals surface area contributed by atoms with E-state index in [-0.39, 0.29) is 24.5 Å². The number of amides is 2. The summed E-state index contributed by atoms with van der Waals surface area (Å²) in [6.45, 7) is 3.49. The Labute approximate surface area is 166 Å². The average Bonchev–Trinajstić information content (AvgIpc) is 3.60. The maximum Gasteiger partial charge on any atom is 0.253 e. The van der Waals surface area contributed by atoms with Gasteiger partial charge in [-0.1, -0.05) is 0 Å². The number of nitrogens with two attached hydrogens (primary N) is 1. The predicted molar refractivity (Wildman–Crippen MR) is 108 cm³/mol. The van der Waals surface area contributed by atoms with Crippen LogP contribution in [0.5, 0.6) is 0 Å². The fourth-order valence-electron chi connectivity index (χ4n) is 3.76. The zero-order valence-electron chi connectivity index (χ0n) is 16.3. The molecule has 2 saturated carbocycles. The van der Waals surface area contributed by atoms with Crippen molar-refractivity contribution in [2.45, 2.75) is 31.7 Å². The van der Waals surface area contributed by atoms with Gasteiger partial charge in [-0.3, -0.25) is 14.5 Å². The number of carbonyl (C=O) groups is 2. The molecule has 1 heterocycles. The molecule has 0 aromatic heterocycles. The molecule has 0 radical (unpaired) electrons. The van der Waals surface area contributed by atoms with E-state index in [0.717, 1.165) is 36.3 Å². The number of rotatable bonds is 9. The van der Waals surface area contributed by atoms with Gasteiger partial charge in [-0.2, -0.15) is 0 Å². The molecule has 28 heavy (non-hydrogen) atoms. The van der Waals surface area contributed by atoms with Gasteiger partial charge in [0.15, 0.2) is 0 Å². The molecule has 2 amide bonds. The molecule has 1 aromatic rings. The highest BCUT2D eigenvalue weighted by Gasteiger charge is 2.34. The maximum atomic E-state index is 12.9. The third-order valence-electron chi connectivity index (χ3n) is 5.78. The molecular formula is C21H30N4O3. The first kappa shape index (κ1) is 19.4. The van der Waals surface area contributed by atoms with Crippen molar-refractivity contribution in [1.29, 1.82) is 0 Å². The molecule has 1 atom stereocenters. The molecule has 3 aliphatic rings. The van der Waals surface area contributed by atoms with E-state index in [9.17, 15) is 9.59 Å². The van der Waals surface area contributed by atoms with Gasteiger partial charge in [0.25, 0.3) is 5.91 Å². The molecule has 3 N–H and O–H groups in total. The molecular weight excluding hydrogens is 356 g/mol. The van der Waals surface area contributed by atoms with Gasteiger partial charge >= 0.3 is 0 Å². The second kappa shape index (κ2) is 8.59. The van der Waals surface area contributed by atoms with E-state index < -0.39 is 0 Å². The second-order valence-corrected chi connectivity index (χ2v) is 8.23. The van der Waals surface area contributed by atoms with E-state index in [4.69, 9.17) is 10.5 Å². The molecule has 1 aliphatic heterocycles. The van der Waals surface area contributed by atoms with Crippen LogP contribution in [-0.4, -0.2) is 62.1 Å². The highest BCUT2D eigenvalue weighted by molar-refractivity contribution is 5.97. The van der Waals surface area contributed by atoms with Crippen LogP contribution in [0.1, 0.15) is 25.7 Å². The number of benzene rings is 1. The minimum Gasteiger partial charge on any atom is -0.370 e. The van der Waals surface area contributed by atoms with E-state index >= 15 is 0 Å². The molecule has 1 saturated heterocycles. The van der Waals surface area contributed by atoms with Crippen molar-refractivity contribution >= 4 is 23.2 Å². The van der Waals surface area contributed by atoms with Crippen LogP contribution in [0.15, 0.2) is 24.3 Å². The number of morpholine rings is 1. The van der Waals surface area contributed by atoms with Crippen LogP contribution in [0.25, 0.3) is 0 Å². The van der Waals surface area contributed by atoms with Crippen molar-refractivity contribution in [3.8, 4) is 0 Å². The summed E-state index contributed by atoms with van der Waals surface area (Å²) in [7, 11) is 0. The topological polar surface area (TPSA) is 87.9 Å². The van der Waals surface area contributed by atoms with Crippen LogP contribution in [0.4, 0.5) is 11.4 Å². The molecule has 152 valence electrons. The Kier molecular flexibility index (Phi) is 5.94. The van der Waals surface area contributed by atoms with Gasteiger partial charge in [0.1, 0.15) is 12.6 Å². The summed E-state index contributed by atoms with van der Waals surface area (Å²) < 4.78 is 5.17. The standard InChI is InChI=1S/C21H30N4O3/c22-11-19(24(12-15-1-2-15)13-16-3-4-16)21(27)23-17-5-7-18(8-6-17)25-9-10-28-14-20(25)26/h5-8,15-16,19H,1-4,9-14,22H2,(H,23,27)/t19-/m1/s1. The molecule has 4 rings (SSSR count). The van der Waals surface area contributed by atoms with Crippen LogP contribution in [-0.2, 0) is 14.3 Å². The average molecular weight is 386 g/mol. The van der Waals surface area contributed by atoms with E-state index in [0.29, 0.717) is 19.7 Å². The van der Waals surface area contributed by atoms with Crippen LogP contribution >= 0.6 is 0 Å². The highest BCUT2D eigenvalue weighted by atomic mass is 16.5. The van der Waals surface area contributed by atoms with Crippen molar-refractivity contribution in [1.82, 2.24) is 4.90 Å². The summed E-state index contributed by atoms with van der Waals surface area (Å²) in [4.78, 5) is 28.9. The summed E-state index contributed by atoms with van der Waals surface area (Å²) in [5.41, 5.74) is 7.55. The summed E-state index contributed by atoms with van der Waals surface area (Å²) in [6, 6.07) is 7.12. The number of anilines is 2. The van der Waals surface area contributed by atoms with E-state index in [1.807, 2.05) is 24.3 Å². The van der Waals surface area contributed by atoms with E-state index in [1.165, 1.54) is 25.7 Å². The van der Waals surface area contributed by atoms with E-state index in [2.05, 4.69) is 10.2 Å². The van der Waals surface area contributed by atoms with E-state index in [1.54, 1.807) is 4.90 Å². The minimum atomic E-state index is -0.290. The third kappa shape index (κ3) is 4.90. The SMILES string of the molecule is NC[C@H](C(=O)Nc1ccc(N2CCOCC2=O)cc1)N(CC1CC1)CC1CC1. The molecule has 3 fully saturated rings. The number of carbonyl (C=O) groups excluding carboxylic acids is 2. The number of nitrogens with one attached hydrogen (secondary N) is 1. The Balaban J connectivity index is 1.38. The quantitative estimate of drug-likeness (QED) is 0.670. The van der Waals surface area contributed by atoms with Crippen molar-refractivity contribution < 1.29 is 14.3 Å². The second-order valence-electron chi connectivity index (χ2n) is 8.23. The first-order chi connectivity index (χ1) is 13.6. The minimum absolute atomic E-state index is 0.0398. The molecule has 0 unspecified atom stereocenters. The molecule has 7 heteroatoms. The Morgan fingerprint density at radius 2 is 1.82 bits per heavy atom. The van der Waals surface area contributed by atoms with Crippen molar-refractivity contribution in [2.75, 3.05) is 49.6 Å². The molecule has 0 bridgehead atoms. The van der Waals surface area contributed by atoms with Gasteiger partial charge in [0.2, 0.25) is 5.91 Å². The number of nitrogens with zero attached hydrogens (tertiary/aromatic N) is 2. The lowest BCUT2D eigenvalue weighted by atomic mass is 10.1. The number of hydrogen-bond acceptors (Lipinski definition) is 5. The zero-order valence-corrected chi connectivity index (χ0v) is 16.3. The molecule has 0 spiro atoms. The first-order valence-corrected chi connectivity index (χ1v) is 10.4. The summed E-state index contributed by atoms with van der Waals surface area (Å²) in [6.07, 6.45) is 5.06. The first-order valence-electron chi connectivity index (χ1n) is 10.4. The Morgan fingerprint density at radius 1 is 1.18 bits per heavy atom. The summed E-state index contributed by atoms with van der Waals surface area (Å²) >= 11 is 0. The lowest BCUT2D eigenvalue weighted by Crippen LogP contribution is -2.50. The maximum absolute atomic E-state index is 12.9. The number of ether oxygens (including phenoxy) is 1. The van der Waals surface area contributed by atoms with Crippen molar-refractivity contribution in [3.05, 3.63) is 24.3 Å². The lowest BCUT2D eigenvalue weighted by molar-refractivity contribution is -0.125. The highest BCUT2D eigenvalue weighted by Crippen LogP contribution is 2.34. The molecule has 2 aliphatic carbocycles. The third-order valence-corrected chi connectivity index (χ3v) is 5.78. The summed E-state index contributed by atoms with van der Waals surface area (Å²) in [5.74, 6) is 1.37. The predicted octanol–water partition coefficient (Wildman–Crippen LogP) is 1.44. The monoisotopic (exact) mass is 386 g/mol. The Hall–Kier alpha value is -1.96. The van der Waals surface area contributed by atoms with Gasteiger partial charge in [-0.05, 0) is 61.8 Å². The lowest BCUT2D eigenvalue weighted by Gasteiger charge is -2.30. The zero-order chi connectivity index (χ0) is 19.5. The van der Waals surface area contributed by atoms with Gasteiger partial charge in [0.05, 0.1) is 6.61 Å². The van der Waals surface area contributed by atoms with Gasteiger partial charge in [-0.25, -0.2) is 0 Å². The van der Waals surface area contributed by atoms with Crippen LogP contribution in [0, 0.1) is 11.8 Å². The van der Waals surface area contributed by atoms with Crippen LogP contribution < -0.4 is 16.0 Å². The molecule has 1 aromatic carbocycles. The van der Waals surface area contributed by atoms with Crippen molar-refractivity contribution in [3.63, 3.8) is 0 Å². The summed E-state index contributed by atoms with van der Waals surface area (Å²) in [5, 5.41) is 3.01. The molecule has 7 nitrogen and oxygen atoms in total.